The number of anilines is 1. The van der Waals surface area contributed by atoms with Gasteiger partial charge in [0, 0.05) is 37.8 Å². The molecule has 1 fully saturated rings. The maximum absolute atomic E-state index is 13.4. The van der Waals surface area contributed by atoms with Crippen LogP contribution in [0.4, 0.5) is 10.3 Å². The number of amides is 1. The standard InChI is InChI=1S/C18H19FN4O2/c1-12-15(13-4-5-16(19)14(9-13)11-24)10-21-18(22-12)20-6-8-23-7-2-3-17(23)25/h4-5,9-11H,2-3,6-8H2,1H3,(H,20,21,22). The molecule has 0 radical (unpaired) electrons. The lowest BCUT2D eigenvalue weighted by atomic mass is 10.0. The number of carbonyl (C=O) groups is 2. The summed E-state index contributed by atoms with van der Waals surface area (Å²) in [6, 6.07) is 4.35. The van der Waals surface area contributed by atoms with Gasteiger partial charge in [-0.2, -0.15) is 0 Å². The number of benzene rings is 1. The van der Waals surface area contributed by atoms with Crippen molar-refractivity contribution >= 4 is 18.1 Å². The van der Waals surface area contributed by atoms with E-state index < -0.39 is 5.82 Å². The zero-order chi connectivity index (χ0) is 17.8. The molecule has 2 heterocycles. The monoisotopic (exact) mass is 342 g/mol. The molecule has 6 nitrogen and oxygen atoms in total. The van der Waals surface area contributed by atoms with Crippen molar-refractivity contribution in [2.75, 3.05) is 25.0 Å². The highest BCUT2D eigenvalue weighted by Crippen LogP contribution is 2.24. The van der Waals surface area contributed by atoms with Crippen LogP contribution in [0.3, 0.4) is 0 Å². The lowest BCUT2D eigenvalue weighted by Crippen LogP contribution is -2.30. The Morgan fingerprint density at radius 2 is 2.24 bits per heavy atom. The van der Waals surface area contributed by atoms with Crippen molar-refractivity contribution in [3.8, 4) is 11.1 Å². The molecule has 25 heavy (non-hydrogen) atoms. The van der Waals surface area contributed by atoms with Gasteiger partial charge in [-0.05, 0) is 31.0 Å². The van der Waals surface area contributed by atoms with Gasteiger partial charge >= 0.3 is 0 Å². The summed E-state index contributed by atoms with van der Waals surface area (Å²) in [5.74, 6) is 0.120. The van der Waals surface area contributed by atoms with Crippen molar-refractivity contribution in [2.45, 2.75) is 19.8 Å². The molecule has 1 aromatic carbocycles. The van der Waals surface area contributed by atoms with Crippen LogP contribution in [-0.2, 0) is 4.79 Å². The summed E-state index contributed by atoms with van der Waals surface area (Å²) < 4.78 is 13.4. The average molecular weight is 342 g/mol. The summed E-state index contributed by atoms with van der Waals surface area (Å²) in [5, 5.41) is 3.11. The molecule has 0 atom stereocenters. The van der Waals surface area contributed by atoms with Crippen molar-refractivity contribution in [3.63, 3.8) is 0 Å². The van der Waals surface area contributed by atoms with E-state index in [1.54, 1.807) is 12.3 Å². The number of rotatable bonds is 6. The van der Waals surface area contributed by atoms with Crippen LogP contribution in [0.15, 0.2) is 24.4 Å². The molecule has 1 saturated heterocycles. The zero-order valence-corrected chi connectivity index (χ0v) is 14.0. The molecule has 0 bridgehead atoms. The number of hydrogen-bond acceptors (Lipinski definition) is 5. The first-order valence-corrected chi connectivity index (χ1v) is 8.19. The van der Waals surface area contributed by atoms with Crippen molar-refractivity contribution in [1.29, 1.82) is 0 Å². The molecule has 1 aliphatic rings. The molecule has 130 valence electrons. The molecule has 1 aromatic heterocycles. The molecule has 2 aromatic rings. The highest BCUT2D eigenvalue weighted by molar-refractivity contribution is 5.79. The second-order valence-corrected chi connectivity index (χ2v) is 5.96. The summed E-state index contributed by atoms with van der Waals surface area (Å²) in [7, 11) is 0. The first-order chi connectivity index (χ1) is 12.1. The van der Waals surface area contributed by atoms with E-state index in [4.69, 9.17) is 0 Å². The van der Waals surface area contributed by atoms with Crippen LogP contribution in [0.1, 0.15) is 28.9 Å². The van der Waals surface area contributed by atoms with E-state index in [1.807, 2.05) is 11.8 Å². The second kappa shape index (κ2) is 7.38. The van der Waals surface area contributed by atoms with Crippen LogP contribution in [0.2, 0.25) is 0 Å². The maximum atomic E-state index is 13.4. The summed E-state index contributed by atoms with van der Waals surface area (Å²) in [6.45, 7) is 3.85. The summed E-state index contributed by atoms with van der Waals surface area (Å²) in [4.78, 5) is 33.0. The minimum atomic E-state index is -0.549. The fourth-order valence-electron chi connectivity index (χ4n) is 2.88. The van der Waals surface area contributed by atoms with E-state index in [0.717, 1.165) is 24.2 Å². The zero-order valence-electron chi connectivity index (χ0n) is 14.0. The minimum absolute atomic E-state index is 0.00869. The Bertz CT molecular complexity index is 810. The third kappa shape index (κ3) is 3.81. The van der Waals surface area contributed by atoms with Crippen LogP contribution in [0.25, 0.3) is 11.1 Å². The number of aldehydes is 1. The number of halogens is 1. The third-order valence-electron chi connectivity index (χ3n) is 4.25. The van der Waals surface area contributed by atoms with Crippen LogP contribution in [0, 0.1) is 12.7 Å². The van der Waals surface area contributed by atoms with E-state index >= 15 is 0 Å². The molecule has 7 heteroatoms. The van der Waals surface area contributed by atoms with Gasteiger partial charge in [0.1, 0.15) is 5.82 Å². The number of nitrogens with zero attached hydrogens (tertiary/aromatic N) is 3. The SMILES string of the molecule is Cc1nc(NCCN2CCCC2=O)ncc1-c1ccc(F)c(C=O)c1. The fraction of sp³-hybridized carbons (Fsp3) is 0.333. The maximum Gasteiger partial charge on any atom is 0.222 e. The smallest absolute Gasteiger partial charge is 0.222 e. The molecule has 1 amide bonds. The van der Waals surface area contributed by atoms with Gasteiger partial charge < -0.3 is 10.2 Å². The number of hydrogen-bond donors (Lipinski definition) is 1. The van der Waals surface area contributed by atoms with Crippen molar-refractivity contribution in [1.82, 2.24) is 14.9 Å². The molecular weight excluding hydrogens is 323 g/mol. The van der Waals surface area contributed by atoms with E-state index in [1.165, 1.54) is 12.1 Å². The molecule has 0 spiro atoms. The third-order valence-corrected chi connectivity index (χ3v) is 4.25. The van der Waals surface area contributed by atoms with E-state index in [9.17, 15) is 14.0 Å². The van der Waals surface area contributed by atoms with Gasteiger partial charge in [-0.1, -0.05) is 6.07 Å². The predicted molar refractivity (Wildman–Crippen MR) is 91.9 cm³/mol. The molecular formula is C18H19FN4O2. The number of aromatic nitrogens is 2. The topological polar surface area (TPSA) is 75.2 Å². The largest absolute Gasteiger partial charge is 0.352 e. The number of aryl methyl sites for hydroxylation is 1. The van der Waals surface area contributed by atoms with Gasteiger partial charge in [-0.3, -0.25) is 9.59 Å². The van der Waals surface area contributed by atoms with Gasteiger partial charge in [0.15, 0.2) is 6.29 Å². The summed E-state index contributed by atoms with van der Waals surface area (Å²) >= 11 is 0. The number of carbonyl (C=O) groups excluding carboxylic acids is 2. The summed E-state index contributed by atoms with van der Waals surface area (Å²) in [6.07, 6.45) is 3.69. The average Bonchev–Trinajstić information content (AvgIpc) is 3.01. The molecule has 0 aliphatic carbocycles. The van der Waals surface area contributed by atoms with Gasteiger partial charge in [0.2, 0.25) is 11.9 Å². The highest BCUT2D eigenvalue weighted by Gasteiger charge is 2.19. The number of likely N-dealkylation sites (tertiary alicyclic amines) is 1. The predicted octanol–water partition coefficient (Wildman–Crippen LogP) is 2.44. The normalized spacial score (nSPS) is 14.0. The first-order valence-electron chi connectivity index (χ1n) is 8.19. The molecule has 0 unspecified atom stereocenters. The Kier molecular flexibility index (Phi) is 5.02. The lowest BCUT2D eigenvalue weighted by Gasteiger charge is -2.16. The van der Waals surface area contributed by atoms with Gasteiger partial charge in [-0.15, -0.1) is 0 Å². The fourth-order valence-corrected chi connectivity index (χ4v) is 2.88. The van der Waals surface area contributed by atoms with E-state index in [0.29, 0.717) is 37.3 Å². The van der Waals surface area contributed by atoms with Gasteiger partial charge in [0.05, 0.1) is 11.3 Å². The Morgan fingerprint density at radius 3 is 2.92 bits per heavy atom. The molecule has 1 aliphatic heterocycles. The molecule has 0 saturated carbocycles. The molecule has 3 rings (SSSR count). The van der Waals surface area contributed by atoms with Crippen molar-refractivity contribution in [3.05, 3.63) is 41.5 Å². The highest BCUT2D eigenvalue weighted by atomic mass is 19.1. The Hall–Kier alpha value is -2.83. The Labute approximate surface area is 145 Å². The number of nitrogens with one attached hydrogen (secondary N) is 1. The van der Waals surface area contributed by atoms with Gasteiger partial charge in [0.25, 0.3) is 0 Å². The lowest BCUT2D eigenvalue weighted by molar-refractivity contribution is -0.127. The van der Waals surface area contributed by atoms with E-state index in [-0.39, 0.29) is 11.5 Å². The Balaban J connectivity index is 1.68. The van der Waals surface area contributed by atoms with Crippen LogP contribution in [0.5, 0.6) is 0 Å². The first kappa shape index (κ1) is 17.0. The van der Waals surface area contributed by atoms with Crippen LogP contribution < -0.4 is 5.32 Å². The summed E-state index contributed by atoms with van der Waals surface area (Å²) in [5.41, 5.74) is 2.16. The van der Waals surface area contributed by atoms with Gasteiger partial charge in [-0.25, -0.2) is 14.4 Å². The van der Waals surface area contributed by atoms with Crippen molar-refractivity contribution < 1.29 is 14.0 Å². The van der Waals surface area contributed by atoms with Crippen molar-refractivity contribution in [2.24, 2.45) is 0 Å². The van der Waals surface area contributed by atoms with E-state index in [2.05, 4.69) is 15.3 Å². The quantitative estimate of drug-likeness (QED) is 0.816. The van der Waals surface area contributed by atoms with Crippen LogP contribution >= 0.6 is 0 Å². The Morgan fingerprint density at radius 1 is 1.40 bits per heavy atom. The van der Waals surface area contributed by atoms with Crippen LogP contribution in [-0.4, -0.2) is 46.7 Å². The second-order valence-electron chi connectivity index (χ2n) is 5.96. The molecule has 1 N–H and O–H groups in total. The minimum Gasteiger partial charge on any atom is -0.352 e.